The third-order valence-electron chi connectivity index (χ3n) is 4.68. The van der Waals surface area contributed by atoms with E-state index in [0.29, 0.717) is 17.1 Å². The van der Waals surface area contributed by atoms with Crippen molar-refractivity contribution in [3.8, 4) is 11.5 Å². The standard InChI is InChI=1S/C21H19NO7/c1-11(23)17-18(12-7-8-15(28-2)16(10-12)29-3)22(20(25)19(17)24)14-6-4-5-13(9-14)21(26)27/h4-10,18,24H,1-3H3,(H,26,27)/t18-/m0/s1. The zero-order valence-corrected chi connectivity index (χ0v) is 16.0. The Morgan fingerprint density at radius 2 is 1.72 bits per heavy atom. The molecule has 1 amide bonds. The van der Waals surface area contributed by atoms with Gasteiger partial charge in [0.15, 0.2) is 23.0 Å². The van der Waals surface area contributed by atoms with E-state index in [-0.39, 0.29) is 16.8 Å². The summed E-state index contributed by atoms with van der Waals surface area (Å²) in [6, 6.07) is 9.64. The number of hydrogen-bond donors (Lipinski definition) is 2. The molecule has 0 aliphatic carbocycles. The first-order valence-corrected chi connectivity index (χ1v) is 8.63. The van der Waals surface area contributed by atoms with Gasteiger partial charge in [0, 0.05) is 5.69 Å². The summed E-state index contributed by atoms with van der Waals surface area (Å²) >= 11 is 0. The van der Waals surface area contributed by atoms with Crippen molar-refractivity contribution in [3.05, 3.63) is 64.9 Å². The van der Waals surface area contributed by atoms with E-state index in [1.54, 1.807) is 18.2 Å². The number of carboxylic acids is 1. The predicted molar refractivity (Wildman–Crippen MR) is 104 cm³/mol. The van der Waals surface area contributed by atoms with Gasteiger partial charge in [0.2, 0.25) is 0 Å². The number of rotatable bonds is 6. The fourth-order valence-corrected chi connectivity index (χ4v) is 3.36. The van der Waals surface area contributed by atoms with Crippen molar-refractivity contribution in [2.45, 2.75) is 13.0 Å². The van der Waals surface area contributed by atoms with Gasteiger partial charge >= 0.3 is 5.97 Å². The molecule has 1 aliphatic rings. The van der Waals surface area contributed by atoms with Gasteiger partial charge in [-0.15, -0.1) is 0 Å². The lowest BCUT2D eigenvalue weighted by atomic mass is 9.96. The summed E-state index contributed by atoms with van der Waals surface area (Å²) in [4.78, 5) is 37.6. The lowest BCUT2D eigenvalue weighted by Gasteiger charge is -2.27. The van der Waals surface area contributed by atoms with Crippen LogP contribution < -0.4 is 14.4 Å². The third-order valence-corrected chi connectivity index (χ3v) is 4.68. The number of amides is 1. The van der Waals surface area contributed by atoms with Gasteiger partial charge in [0.1, 0.15) is 0 Å². The number of Topliss-reactive ketones (excluding diaryl/α,β-unsaturated/α-hetero) is 1. The Morgan fingerprint density at radius 1 is 1.03 bits per heavy atom. The number of anilines is 1. The van der Waals surface area contributed by atoms with Crippen LogP contribution in [0.2, 0.25) is 0 Å². The van der Waals surface area contributed by atoms with E-state index < -0.39 is 29.5 Å². The Hall–Kier alpha value is -3.81. The van der Waals surface area contributed by atoms with Crippen LogP contribution in [0.5, 0.6) is 11.5 Å². The average Bonchev–Trinajstić information content (AvgIpc) is 2.98. The molecule has 0 spiro atoms. The number of carbonyl (C=O) groups excluding carboxylic acids is 2. The maximum Gasteiger partial charge on any atom is 0.335 e. The molecule has 0 aromatic heterocycles. The van der Waals surface area contributed by atoms with Gasteiger partial charge in [0.25, 0.3) is 5.91 Å². The van der Waals surface area contributed by atoms with Crippen molar-refractivity contribution in [2.24, 2.45) is 0 Å². The molecule has 0 radical (unpaired) electrons. The highest BCUT2D eigenvalue weighted by molar-refractivity contribution is 6.16. The SMILES string of the molecule is COc1ccc([C@H]2C(C(C)=O)=C(O)C(=O)N2c2cccc(C(=O)O)c2)cc1OC. The Bertz CT molecular complexity index is 1040. The smallest absolute Gasteiger partial charge is 0.335 e. The second-order valence-electron chi connectivity index (χ2n) is 6.37. The van der Waals surface area contributed by atoms with Gasteiger partial charge in [-0.3, -0.25) is 14.5 Å². The van der Waals surface area contributed by atoms with Crippen LogP contribution in [-0.2, 0) is 9.59 Å². The number of aromatic carboxylic acids is 1. The van der Waals surface area contributed by atoms with E-state index in [9.17, 15) is 24.6 Å². The Morgan fingerprint density at radius 3 is 2.31 bits per heavy atom. The molecule has 1 aliphatic heterocycles. The molecular weight excluding hydrogens is 378 g/mol. The quantitative estimate of drug-likeness (QED) is 0.770. The van der Waals surface area contributed by atoms with Gasteiger partial charge in [-0.2, -0.15) is 0 Å². The number of ketones is 1. The molecule has 29 heavy (non-hydrogen) atoms. The largest absolute Gasteiger partial charge is 0.503 e. The molecule has 8 nitrogen and oxygen atoms in total. The summed E-state index contributed by atoms with van der Waals surface area (Å²) in [5.41, 5.74) is 0.614. The molecule has 0 saturated heterocycles. The molecule has 2 aromatic rings. The van der Waals surface area contributed by atoms with Crippen molar-refractivity contribution in [1.29, 1.82) is 0 Å². The van der Waals surface area contributed by atoms with Crippen LogP contribution in [-0.4, -0.2) is 42.1 Å². The zero-order valence-electron chi connectivity index (χ0n) is 16.0. The molecule has 150 valence electrons. The molecule has 0 bridgehead atoms. The van der Waals surface area contributed by atoms with Gasteiger partial charge in [-0.05, 0) is 42.8 Å². The lowest BCUT2D eigenvalue weighted by molar-refractivity contribution is -0.117. The van der Waals surface area contributed by atoms with Crippen LogP contribution in [0, 0.1) is 0 Å². The van der Waals surface area contributed by atoms with Crippen LogP contribution >= 0.6 is 0 Å². The molecule has 2 N–H and O–H groups in total. The van der Waals surface area contributed by atoms with Crippen molar-refractivity contribution in [1.82, 2.24) is 0 Å². The van der Waals surface area contributed by atoms with E-state index in [0.717, 1.165) is 0 Å². The van der Waals surface area contributed by atoms with E-state index in [4.69, 9.17) is 9.47 Å². The normalized spacial score (nSPS) is 16.2. The number of hydrogen-bond acceptors (Lipinski definition) is 6. The number of nitrogens with zero attached hydrogens (tertiary/aromatic N) is 1. The number of ether oxygens (including phenoxy) is 2. The summed E-state index contributed by atoms with van der Waals surface area (Å²) in [6.45, 7) is 1.25. The molecule has 3 rings (SSSR count). The van der Waals surface area contributed by atoms with Gasteiger partial charge in [-0.25, -0.2) is 4.79 Å². The van der Waals surface area contributed by atoms with E-state index in [1.807, 2.05) is 0 Å². The minimum Gasteiger partial charge on any atom is -0.503 e. The van der Waals surface area contributed by atoms with Crippen LogP contribution in [0.15, 0.2) is 53.8 Å². The molecule has 0 fully saturated rings. The fourth-order valence-electron chi connectivity index (χ4n) is 3.36. The first-order chi connectivity index (χ1) is 13.8. The highest BCUT2D eigenvalue weighted by atomic mass is 16.5. The summed E-state index contributed by atoms with van der Waals surface area (Å²) in [5.74, 6) is -2.27. The molecule has 2 aromatic carbocycles. The molecule has 1 atom stereocenters. The Kier molecular flexibility index (Phi) is 5.27. The number of carboxylic acid groups (broad SMARTS) is 1. The summed E-state index contributed by atoms with van der Waals surface area (Å²) in [7, 11) is 2.93. The highest BCUT2D eigenvalue weighted by Gasteiger charge is 2.43. The van der Waals surface area contributed by atoms with E-state index in [1.165, 1.54) is 50.3 Å². The van der Waals surface area contributed by atoms with E-state index >= 15 is 0 Å². The number of carbonyl (C=O) groups is 3. The number of methoxy groups -OCH3 is 2. The highest BCUT2D eigenvalue weighted by Crippen LogP contribution is 2.43. The van der Waals surface area contributed by atoms with Crippen LogP contribution in [0.3, 0.4) is 0 Å². The van der Waals surface area contributed by atoms with Gasteiger partial charge < -0.3 is 19.7 Å². The first kappa shape index (κ1) is 19.9. The van der Waals surface area contributed by atoms with Crippen molar-refractivity contribution in [3.63, 3.8) is 0 Å². The van der Waals surface area contributed by atoms with Crippen LogP contribution in [0.4, 0.5) is 5.69 Å². The van der Waals surface area contributed by atoms with Crippen molar-refractivity contribution < 1.29 is 34.1 Å². The maximum atomic E-state index is 12.8. The number of aliphatic hydroxyl groups excluding tert-OH is 1. The minimum absolute atomic E-state index is 0.0304. The molecule has 0 unspecified atom stereocenters. The molecule has 1 heterocycles. The Balaban J connectivity index is 2.21. The molecule has 8 heteroatoms. The van der Waals surface area contributed by atoms with Crippen LogP contribution in [0.25, 0.3) is 0 Å². The first-order valence-electron chi connectivity index (χ1n) is 8.63. The second-order valence-corrected chi connectivity index (χ2v) is 6.37. The van der Waals surface area contributed by atoms with Crippen LogP contribution in [0.1, 0.15) is 28.9 Å². The average molecular weight is 397 g/mol. The van der Waals surface area contributed by atoms with E-state index in [2.05, 4.69) is 0 Å². The van der Waals surface area contributed by atoms with Crippen molar-refractivity contribution in [2.75, 3.05) is 19.1 Å². The molecule has 0 saturated carbocycles. The van der Waals surface area contributed by atoms with Gasteiger partial charge in [0.05, 0.1) is 31.4 Å². The second kappa shape index (κ2) is 7.67. The van der Waals surface area contributed by atoms with Gasteiger partial charge in [-0.1, -0.05) is 12.1 Å². The summed E-state index contributed by atoms with van der Waals surface area (Å²) in [5, 5.41) is 19.7. The fraction of sp³-hybridized carbons (Fsp3) is 0.190. The number of benzene rings is 2. The topological polar surface area (TPSA) is 113 Å². The maximum absolute atomic E-state index is 12.8. The zero-order chi connectivity index (χ0) is 21.3. The summed E-state index contributed by atoms with van der Waals surface area (Å²) < 4.78 is 10.5. The summed E-state index contributed by atoms with van der Waals surface area (Å²) in [6.07, 6.45) is 0. The Labute approximate surface area is 166 Å². The number of aliphatic hydroxyl groups is 1. The lowest BCUT2D eigenvalue weighted by Crippen LogP contribution is -2.31. The monoisotopic (exact) mass is 397 g/mol. The third kappa shape index (κ3) is 3.40. The van der Waals surface area contributed by atoms with Crippen molar-refractivity contribution >= 4 is 23.3 Å². The predicted octanol–water partition coefficient (Wildman–Crippen LogP) is 2.89. The minimum atomic E-state index is -1.16. The molecular formula is C21H19NO7.